The van der Waals surface area contributed by atoms with Gasteiger partial charge in [0.25, 0.3) is 5.91 Å². The summed E-state index contributed by atoms with van der Waals surface area (Å²) in [6, 6.07) is 7.44. The Bertz CT molecular complexity index is 410. The van der Waals surface area contributed by atoms with E-state index < -0.39 is 0 Å². The minimum atomic E-state index is -0.0638. The van der Waals surface area contributed by atoms with E-state index in [1.165, 1.54) is 0 Å². The van der Waals surface area contributed by atoms with Gasteiger partial charge < -0.3 is 10.6 Å². The molecule has 0 bridgehead atoms. The molecule has 0 aliphatic heterocycles. The third-order valence-electron chi connectivity index (χ3n) is 2.67. The van der Waals surface area contributed by atoms with Crippen LogP contribution in [0.1, 0.15) is 24.2 Å². The molecule has 0 saturated carbocycles. The van der Waals surface area contributed by atoms with Gasteiger partial charge in [0.15, 0.2) is 0 Å². The normalized spacial score (nSPS) is 10.7. The molecule has 18 heavy (non-hydrogen) atoms. The minimum absolute atomic E-state index is 0. The molecule has 0 radical (unpaired) electrons. The summed E-state index contributed by atoms with van der Waals surface area (Å²) in [5.41, 5.74) is 6.30. The number of rotatable bonds is 4. The zero-order valence-electron chi connectivity index (χ0n) is 10.9. The van der Waals surface area contributed by atoms with Crippen molar-refractivity contribution < 1.29 is 4.79 Å². The lowest BCUT2D eigenvalue weighted by Crippen LogP contribution is -2.39. The highest BCUT2D eigenvalue weighted by molar-refractivity contribution is 9.10. The number of hydrogen-bond acceptors (Lipinski definition) is 2. The molecule has 0 aliphatic rings. The van der Waals surface area contributed by atoms with Crippen LogP contribution in [-0.2, 0) is 0 Å². The van der Waals surface area contributed by atoms with Gasteiger partial charge in [-0.25, -0.2) is 0 Å². The number of carbonyl (C=O) groups is 1. The first-order valence-corrected chi connectivity index (χ1v) is 6.37. The molecular weight excluding hydrogens is 316 g/mol. The lowest BCUT2D eigenvalue weighted by Gasteiger charge is -2.29. The van der Waals surface area contributed by atoms with Crippen molar-refractivity contribution in [1.82, 2.24) is 4.90 Å². The van der Waals surface area contributed by atoms with Gasteiger partial charge in [0.05, 0.1) is 5.56 Å². The minimum Gasteiger partial charge on any atom is -0.341 e. The van der Waals surface area contributed by atoms with Gasteiger partial charge in [-0.15, -0.1) is 12.4 Å². The zero-order chi connectivity index (χ0) is 13.1. The van der Waals surface area contributed by atoms with E-state index in [1.807, 2.05) is 24.3 Å². The Kier molecular flexibility index (Phi) is 6.89. The highest BCUT2D eigenvalue weighted by atomic mass is 79.9. The average Bonchev–Trinajstić information content (AvgIpc) is 2.28. The number of amides is 1. The summed E-state index contributed by atoms with van der Waals surface area (Å²) in [5.74, 6) is 0.0130. The lowest BCUT2D eigenvalue weighted by molar-refractivity contribution is 0.0739. The van der Waals surface area contributed by atoms with Gasteiger partial charge >= 0.3 is 0 Å². The van der Waals surface area contributed by atoms with Crippen LogP contribution in [0.15, 0.2) is 28.7 Å². The SMILES string of the molecule is CN(CC(C)(C)CN)C(=O)c1ccccc1Br.Cl. The topological polar surface area (TPSA) is 46.3 Å². The Morgan fingerprint density at radius 3 is 2.44 bits per heavy atom. The second kappa shape index (κ2) is 7.12. The van der Waals surface area contributed by atoms with Crippen LogP contribution in [0.5, 0.6) is 0 Å². The van der Waals surface area contributed by atoms with Crippen molar-refractivity contribution >= 4 is 34.2 Å². The van der Waals surface area contributed by atoms with Crippen molar-refractivity contribution in [2.24, 2.45) is 11.1 Å². The maximum Gasteiger partial charge on any atom is 0.254 e. The van der Waals surface area contributed by atoms with Crippen LogP contribution in [0, 0.1) is 5.41 Å². The van der Waals surface area contributed by atoms with Crippen LogP contribution in [0.25, 0.3) is 0 Å². The first-order valence-electron chi connectivity index (χ1n) is 5.57. The van der Waals surface area contributed by atoms with Crippen LogP contribution >= 0.6 is 28.3 Å². The van der Waals surface area contributed by atoms with Crippen molar-refractivity contribution in [2.45, 2.75) is 13.8 Å². The third-order valence-corrected chi connectivity index (χ3v) is 3.36. The quantitative estimate of drug-likeness (QED) is 0.919. The molecule has 0 unspecified atom stereocenters. The van der Waals surface area contributed by atoms with Crippen molar-refractivity contribution in [3.8, 4) is 0 Å². The molecular formula is C13H20BrClN2O. The van der Waals surface area contributed by atoms with Crippen LogP contribution in [0.2, 0.25) is 0 Å². The number of halogens is 2. The van der Waals surface area contributed by atoms with Gasteiger partial charge in [0.2, 0.25) is 0 Å². The highest BCUT2D eigenvalue weighted by Crippen LogP contribution is 2.20. The van der Waals surface area contributed by atoms with Crippen LogP contribution in [-0.4, -0.2) is 30.9 Å². The molecule has 1 aromatic rings. The summed E-state index contributed by atoms with van der Waals surface area (Å²) < 4.78 is 0.822. The number of benzene rings is 1. The maximum atomic E-state index is 12.2. The van der Waals surface area contributed by atoms with Crippen molar-refractivity contribution in [1.29, 1.82) is 0 Å². The Morgan fingerprint density at radius 2 is 1.94 bits per heavy atom. The fourth-order valence-corrected chi connectivity index (χ4v) is 2.07. The largest absolute Gasteiger partial charge is 0.341 e. The molecule has 0 saturated heterocycles. The summed E-state index contributed by atoms with van der Waals surface area (Å²) in [4.78, 5) is 13.9. The van der Waals surface area contributed by atoms with Crippen molar-refractivity contribution in [3.05, 3.63) is 34.3 Å². The molecule has 0 fully saturated rings. The molecule has 3 nitrogen and oxygen atoms in total. The Labute approximate surface area is 123 Å². The molecule has 5 heteroatoms. The van der Waals surface area contributed by atoms with Gasteiger partial charge in [-0.05, 0) is 40.0 Å². The third kappa shape index (κ3) is 4.59. The number of carbonyl (C=O) groups excluding carboxylic acids is 1. The second-order valence-corrected chi connectivity index (χ2v) is 5.86. The molecule has 2 N–H and O–H groups in total. The van der Waals surface area contributed by atoms with E-state index in [9.17, 15) is 4.79 Å². The predicted octanol–water partition coefficient (Wildman–Crippen LogP) is 2.93. The monoisotopic (exact) mass is 334 g/mol. The summed E-state index contributed by atoms with van der Waals surface area (Å²) in [5, 5.41) is 0. The molecule has 0 atom stereocenters. The standard InChI is InChI=1S/C13H19BrN2O.ClH/c1-13(2,8-15)9-16(3)12(17)10-6-4-5-7-11(10)14;/h4-7H,8-9,15H2,1-3H3;1H. The van der Waals surface area contributed by atoms with Gasteiger partial charge in [-0.1, -0.05) is 26.0 Å². The molecule has 0 aliphatic carbocycles. The Morgan fingerprint density at radius 1 is 1.39 bits per heavy atom. The predicted molar refractivity (Wildman–Crippen MR) is 81.2 cm³/mol. The van der Waals surface area contributed by atoms with Gasteiger partial charge in [-0.2, -0.15) is 0 Å². The molecule has 1 rings (SSSR count). The summed E-state index contributed by atoms with van der Waals surface area (Å²) >= 11 is 3.39. The average molecular weight is 336 g/mol. The second-order valence-electron chi connectivity index (χ2n) is 5.01. The number of hydrogen-bond donors (Lipinski definition) is 1. The van der Waals surface area contributed by atoms with Crippen molar-refractivity contribution in [2.75, 3.05) is 20.1 Å². The van der Waals surface area contributed by atoms with E-state index in [0.717, 1.165) is 4.47 Å². The van der Waals surface area contributed by atoms with Crippen LogP contribution in [0.3, 0.4) is 0 Å². The van der Waals surface area contributed by atoms with Crippen LogP contribution < -0.4 is 5.73 Å². The van der Waals surface area contributed by atoms with E-state index in [4.69, 9.17) is 5.73 Å². The molecule has 0 heterocycles. The van der Waals surface area contributed by atoms with E-state index in [2.05, 4.69) is 29.8 Å². The van der Waals surface area contributed by atoms with E-state index in [1.54, 1.807) is 11.9 Å². The fraction of sp³-hybridized carbons (Fsp3) is 0.462. The number of nitrogens with two attached hydrogens (primary N) is 1. The van der Waals surface area contributed by atoms with Gasteiger partial charge in [-0.3, -0.25) is 4.79 Å². The molecule has 1 aromatic carbocycles. The fourth-order valence-electron chi connectivity index (χ4n) is 1.62. The Balaban J connectivity index is 0.00000289. The zero-order valence-corrected chi connectivity index (χ0v) is 13.3. The molecule has 1 amide bonds. The molecule has 102 valence electrons. The summed E-state index contributed by atoms with van der Waals surface area (Å²) in [6.45, 7) is 5.30. The summed E-state index contributed by atoms with van der Waals surface area (Å²) in [7, 11) is 1.80. The smallest absolute Gasteiger partial charge is 0.254 e. The van der Waals surface area contributed by atoms with Crippen LogP contribution in [0.4, 0.5) is 0 Å². The van der Waals surface area contributed by atoms with Gasteiger partial charge in [0, 0.05) is 18.1 Å². The molecule has 0 aromatic heterocycles. The van der Waals surface area contributed by atoms with E-state index >= 15 is 0 Å². The maximum absolute atomic E-state index is 12.2. The highest BCUT2D eigenvalue weighted by Gasteiger charge is 2.22. The van der Waals surface area contributed by atoms with Crippen molar-refractivity contribution in [3.63, 3.8) is 0 Å². The first kappa shape index (κ1) is 17.4. The molecule has 0 spiro atoms. The van der Waals surface area contributed by atoms with Gasteiger partial charge in [0.1, 0.15) is 0 Å². The van der Waals surface area contributed by atoms with E-state index in [-0.39, 0.29) is 23.7 Å². The number of nitrogens with zero attached hydrogens (tertiary/aromatic N) is 1. The first-order chi connectivity index (χ1) is 7.87. The lowest BCUT2D eigenvalue weighted by atomic mass is 9.93. The summed E-state index contributed by atoms with van der Waals surface area (Å²) in [6.07, 6.45) is 0. The van der Waals surface area contributed by atoms with E-state index in [0.29, 0.717) is 18.7 Å². The Hall–Kier alpha value is -0.580.